The van der Waals surface area contributed by atoms with Crippen molar-refractivity contribution in [2.24, 2.45) is 0 Å². The van der Waals surface area contributed by atoms with Crippen LogP contribution in [0.2, 0.25) is 0 Å². The lowest BCUT2D eigenvalue weighted by Gasteiger charge is -2.42. The molecule has 3 atom stereocenters. The first-order valence-electron chi connectivity index (χ1n) is 7.26. The Morgan fingerprint density at radius 2 is 2.12 bits per heavy atom. The van der Waals surface area contributed by atoms with Gasteiger partial charge in [-0.05, 0) is 39.0 Å². The molecule has 1 saturated carbocycles. The number of hydrogen-bond acceptors (Lipinski definition) is 3. The first-order chi connectivity index (χ1) is 8.24. The van der Waals surface area contributed by atoms with Crippen LogP contribution in [0.15, 0.2) is 0 Å². The number of methoxy groups -OCH3 is 1. The molecule has 2 fully saturated rings. The molecule has 2 rings (SSSR count). The van der Waals surface area contributed by atoms with Gasteiger partial charge in [0.1, 0.15) is 0 Å². The Kier molecular flexibility index (Phi) is 4.83. The second-order valence-electron chi connectivity index (χ2n) is 5.71. The Morgan fingerprint density at radius 3 is 2.65 bits per heavy atom. The second-order valence-corrected chi connectivity index (χ2v) is 5.71. The molecule has 17 heavy (non-hydrogen) atoms. The van der Waals surface area contributed by atoms with E-state index in [2.05, 4.69) is 24.1 Å². The monoisotopic (exact) mass is 240 g/mol. The van der Waals surface area contributed by atoms with E-state index >= 15 is 0 Å². The fourth-order valence-electron chi connectivity index (χ4n) is 2.99. The van der Waals surface area contributed by atoms with Gasteiger partial charge in [0.2, 0.25) is 0 Å². The van der Waals surface area contributed by atoms with E-state index in [0.29, 0.717) is 18.2 Å². The van der Waals surface area contributed by atoms with Gasteiger partial charge in [-0.2, -0.15) is 0 Å². The van der Waals surface area contributed by atoms with Gasteiger partial charge in [0.15, 0.2) is 0 Å². The van der Waals surface area contributed by atoms with Crippen LogP contribution in [-0.2, 0) is 4.74 Å². The summed E-state index contributed by atoms with van der Waals surface area (Å²) >= 11 is 0. The highest BCUT2D eigenvalue weighted by Gasteiger charge is 2.30. The van der Waals surface area contributed by atoms with Gasteiger partial charge in [0, 0.05) is 38.3 Å². The Labute approximate surface area is 106 Å². The van der Waals surface area contributed by atoms with Crippen LogP contribution in [-0.4, -0.2) is 49.3 Å². The van der Waals surface area contributed by atoms with Crippen molar-refractivity contribution in [1.29, 1.82) is 0 Å². The zero-order valence-corrected chi connectivity index (χ0v) is 11.6. The third-order valence-electron chi connectivity index (χ3n) is 4.37. The lowest BCUT2D eigenvalue weighted by Crippen LogP contribution is -2.51. The topological polar surface area (TPSA) is 24.5 Å². The number of hydrogen-bond donors (Lipinski definition) is 1. The summed E-state index contributed by atoms with van der Waals surface area (Å²) in [4.78, 5) is 2.69. The molecular weight excluding hydrogens is 212 g/mol. The zero-order valence-electron chi connectivity index (χ0n) is 11.6. The van der Waals surface area contributed by atoms with E-state index < -0.39 is 0 Å². The maximum atomic E-state index is 5.49. The van der Waals surface area contributed by atoms with Crippen molar-refractivity contribution in [3.63, 3.8) is 0 Å². The van der Waals surface area contributed by atoms with Crippen molar-refractivity contribution in [1.82, 2.24) is 10.2 Å². The van der Waals surface area contributed by atoms with Crippen molar-refractivity contribution >= 4 is 0 Å². The van der Waals surface area contributed by atoms with Gasteiger partial charge in [-0.1, -0.05) is 6.92 Å². The van der Waals surface area contributed by atoms with E-state index in [1.807, 2.05) is 7.11 Å². The summed E-state index contributed by atoms with van der Waals surface area (Å²) in [5, 5.41) is 3.68. The molecule has 3 nitrogen and oxygen atoms in total. The van der Waals surface area contributed by atoms with E-state index in [0.717, 1.165) is 6.04 Å². The molecule has 1 aliphatic carbocycles. The number of likely N-dealkylation sites (tertiary alicyclic amines) is 1. The number of piperidine rings is 1. The van der Waals surface area contributed by atoms with Crippen LogP contribution in [0.25, 0.3) is 0 Å². The van der Waals surface area contributed by atoms with Crippen LogP contribution < -0.4 is 5.32 Å². The molecule has 1 aliphatic heterocycles. The molecule has 0 aromatic carbocycles. The largest absolute Gasteiger partial charge is 0.381 e. The minimum atomic E-state index is 0.482. The molecule has 3 unspecified atom stereocenters. The lowest BCUT2D eigenvalue weighted by molar-refractivity contribution is -0.00193. The summed E-state index contributed by atoms with van der Waals surface area (Å²) in [5.41, 5.74) is 0. The number of ether oxygens (including phenoxy) is 1. The van der Waals surface area contributed by atoms with E-state index in [1.54, 1.807) is 0 Å². The Bertz CT molecular complexity index is 230. The van der Waals surface area contributed by atoms with Crippen LogP contribution in [0.3, 0.4) is 0 Å². The SMILES string of the molecule is CCC(CNC1CC1)N1CCC(OC)CC1C. The molecular formula is C14H28N2O. The first kappa shape index (κ1) is 13.3. The van der Waals surface area contributed by atoms with Crippen molar-refractivity contribution < 1.29 is 4.74 Å². The summed E-state index contributed by atoms with van der Waals surface area (Å²) in [5.74, 6) is 0. The molecule has 1 heterocycles. The fourth-order valence-corrected chi connectivity index (χ4v) is 2.99. The van der Waals surface area contributed by atoms with Gasteiger partial charge in [-0.3, -0.25) is 4.90 Å². The molecule has 100 valence electrons. The summed E-state index contributed by atoms with van der Waals surface area (Å²) < 4.78 is 5.49. The third kappa shape index (κ3) is 3.67. The van der Waals surface area contributed by atoms with Crippen molar-refractivity contribution in [3.8, 4) is 0 Å². The summed E-state index contributed by atoms with van der Waals surface area (Å²) in [6.07, 6.45) is 6.89. The predicted octanol–water partition coefficient (Wildman–Crippen LogP) is 2.02. The quantitative estimate of drug-likeness (QED) is 0.769. The molecule has 0 aromatic heterocycles. The van der Waals surface area contributed by atoms with Gasteiger partial charge in [0.25, 0.3) is 0 Å². The second kappa shape index (κ2) is 6.17. The standard InChI is InChI=1S/C14H28N2O/c1-4-13(10-15-12-5-6-12)16-8-7-14(17-3)9-11(16)2/h11-15H,4-10H2,1-3H3. The first-order valence-corrected chi connectivity index (χ1v) is 7.26. The molecule has 0 aromatic rings. The lowest BCUT2D eigenvalue weighted by atomic mass is 9.97. The third-order valence-corrected chi connectivity index (χ3v) is 4.37. The zero-order chi connectivity index (χ0) is 12.3. The summed E-state index contributed by atoms with van der Waals surface area (Å²) in [7, 11) is 1.85. The van der Waals surface area contributed by atoms with Crippen LogP contribution >= 0.6 is 0 Å². The highest BCUT2D eigenvalue weighted by Crippen LogP contribution is 2.24. The van der Waals surface area contributed by atoms with E-state index in [-0.39, 0.29) is 0 Å². The van der Waals surface area contributed by atoms with Gasteiger partial charge < -0.3 is 10.1 Å². The summed E-state index contributed by atoms with van der Waals surface area (Å²) in [6, 6.07) is 2.21. The summed E-state index contributed by atoms with van der Waals surface area (Å²) in [6.45, 7) is 7.03. The highest BCUT2D eigenvalue weighted by molar-refractivity contribution is 4.88. The minimum absolute atomic E-state index is 0.482. The average Bonchev–Trinajstić information content (AvgIpc) is 3.15. The molecule has 1 N–H and O–H groups in total. The molecule has 0 bridgehead atoms. The smallest absolute Gasteiger partial charge is 0.0598 e. The van der Waals surface area contributed by atoms with Crippen molar-refractivity contribution in [3.05, 3.63) is 0 Å². The van der Waals surface area contributed by atoms with Gasteiger partial charge in [0.05, 0.1) is 6.10 Å². The molecule has 0 radical (unpaired) electrons. The number of nitrogens with one attached hydrogen (secondary N) is 1. The molecule has 3 heteroatoms. The highest BCUT2D eigenvalue weighted by atomic mass is 16.5. The Hall–Kier alpha value is -0.120. The molecule has 0 amide bonds. The van der Waals surface area contributed by atoms with Crippen LogP contribution in [0.1, 0.15) is 46.0 Å². The van der Waals surface area contributed by atoms with Crippen LogP contribution in [0, 0.1) is 0 Å². The minimum Gasteiger partial charge on any atom is -0.381 e. The van der Waals surface area contributed by atoms with Crippen LogP contribution in [0.4, 0.5) is 0 Å². The van der Waals surface area contributed by atoms with Crippen molar-refractivity contribution in [2.75, 3.05) is 20.2 Å². The van der Waals surface area contributed by atoms with Gasteiger partial charge in [-0.25, -0.2) is 0 Å². The maximum absolute atomic E-state index is 5.49. The molecule has 2 aliphatic rings. The van der Waals surface area contributed by atoms with Gasteiger partial charge in [-0.15, -0.1) is 0 Å². The maximum Gasteiger partial charge on any atom is 0.0598 e. The fraction of sp³-hybridized carbons (Fsp3) is 1.00. The van der Waals surface area contributed by atoms with Crippen LogP contribution in [0.5, 0.6) is 0 Å². The average molecular weight is 240 g/mol. The molecule has 1 saturated heterocycles. The van der Waals surface area contributed by atoms with E-state index in [4.69, 9.17) is 4.74 Å². The molecule has 0 spiro atoms. The van der Waals surface area contributed by atoms with Gasteiger partial charge >= 0.3 is 0 Å². The number of nitrogens with zero attached hydrogens (tertiary/aromatic N) is 1. The number of rotatable bonds is 6. The van der Waals surface area contributed by atoms with E-state index in [9.17, 15) is 0 Å². The predicted molar refractivity (Wildman–Crippen MR) is 71.3 cm³/mol. The Balaban J connectivity index is 1.80. The van der Waals surface area contributed by atoms with Crippen molar-refractivity contribution in [2.45, 2.75) is 70.2 Å². The Morgan fingerprint density at radius 1 is 1.35 bits per heavy atom. The van der Waals surface area contributed by atoms with E-state index in [1.165, 1.54) is 45.2 Å². The normalized spacial score (nSPS) is 32.6.